The molecule has 0 saturated heterocycles. The van der Waals surface area contributed by atoms with Crippen LogP contribution in [0, 0.1) is 11.8 Å². The molecule has 0 fully saturated rings. The van der Waals surface area contributed by atoms with Gasteiger partial charge in [-0.05, 0) is 85.3 Å². The summed E-state index contributed by atoms with van der Waals surface area (Å²) in [4.78, 5) is 5.25. The van der Waals surface area contributed by atoms with Crippen molar-refractivity contribution >= 4 is 22.2 Å². The Morgan fingerprint density at radius 1 is 0.396 bits per heavy atom. The van der Waals surface area contributed by atoms with E-state index in [1.54, 1.807) is 0 Å². The molecule has 0 radical (unpaired) electrons. The molecule has 10 rings (SSSR count). The van der Waals surface area contributed by atoms with Crippen molar-refractivity contribution in [1.29, 1.82) is 0 Å². The fraction of sp³-hybridized carbons (Fsp3) is 0.0392. The molecule has 0 N–H and O–H groups in total. The van der Waals surface area contributed by atoms with E-state index in [4.69, 9.17) is 4.98 Å². The average Bonchev–Trinajstić information content (AvgIpc) is 3.63. The fourth-order valence-electron chi connectivity index (χ4n) is 8.49. The van der Waals surface area contributed by atoms with Crippen LogP contribution in [0.4, 0.5) is 0 Å². The largest absolute Gasteiger partial charge is 0.292 e. The smallest absolute Gasteiger partial charge is 0.145 e. The second-order valence-corrected chi connectivity index (χ2v) is 13.9. The summed E-state index contributed by atoms with van der Waals surface area (Å²) >= 11 is 0. The van der Waals surface area contributed by atoms with Crippen LogP contribution in [-0.2, 0) is 0 Å². The lowest BCUT2D eigenvalue weighted by Crippen LogP contribution is -2.40. The molecular formula is C51H36N2. The highest BCUT2D eigenvalue weighted by atomic mass is 15.1. The molecular weight excluding hydrogens is 641 g/mol. The second kappa shape index (κ2) is 13.1. The second-order valence-electron chi connectivity index (χ2n) is 13.9. The highest BCUT2D eigenvalue weighted by molar-refractivity contribution is 5.88. The zero-order chi connectivity index (χ0) is 35.1. The standard InChI is InChI=1S/C51H36N2/c1-3-17-35(18-4-1)37-21-15-23-39(33-37)51-52-47-31-13-14-32-48(47)53(51)40-24-16-22-38(34-40)49-43-27-9-11-29-45(43)50(46-30-12-10-28-44(46)49)42-26-8-7-25-41(42)36-19-5-2-6-20-36/h1-34,43,45H. The maximum absolute atomic E-state index is 5.25. The van der Waals surface area contributed by atoms with Crippen molar-refractivity contribution in [2.24, 2.45) is 11.8 Å². The summed E-state index contributed by atoms with van der Waals surface area (Å²) < 4.78 is 2.33. The first-order valence-corrected chi connectivity index (χ1v) is 18.4. The Bertz CT molecular complexity index is 2840. The first-order valence-electron chi connectivity index (χ1n) is 18.4. The van der Waals surface area contributed by atoms with E-state index in [2.05, 4.69) is 211 Å². The zero-order valence-corrected chi connectivity index (χ0v) is 29.2. The van der Waals surface area contributed by atoms with E-state index >= 15 is 0 Å². The molecule has 8 aromatic rings. The molecule has 7 aromatic carbocycles. The van der Waals surface area contributed by atoms with Gasteiger partial charge in [0.05, 0.1) is 11.0 Å². The molecule has 0 spiro atoms. The van der Waals surface area contributed by atoms with Crippen LogP contribution in [0.3, 0.4) is 0 Å². The summed E-state index contributed by atoms with van der Waals surface area (Å²) in [7, 11) is 0. The molecule has 0 aliphatic heterocycles. The molecule has 250 valence electrons. The van der Waals surface area contributed by atoms with Gasteiger partial charge in [0.1, 0.15) is 5.82 Å². The van der Waals surface area contributed by atoms with Gasteiger partial charge in [0, 0.05) is 23.1 Å². The number of imidazole rings is 1. The minimum atomic E-state index is 0.172. The van der Waals surface area contributed by atoms with Crippen molar-refractivity contribution in [3.05, 3.63) is 228 Å². The van der Waals surface area contributed by atoms with Gasteiger partial charge >= 0.3 is 0 Å². The first-order chi connectivity index (χ1) is 26.3. The lowest BCUT2D eigenvalue weighted by atomic mass is 9.69. The lowest BCUT2D eigenvalue weighted by molar-refractivity contribution is 0.686. The van der Waals surface area contributed by atoms with Gasteiger partial charge in [-0.3, -0.25) is 4.57 Å². The summed E-state index contributed by atoms with van der Waals surface area (Å²) in [6.07, 6.45) is 9.26. The molecule has 1 heterocycles. The quantitative estimate of drug-likeness (QED) is 0.171. The number of aromatic nitrogens is 2. The van der Waals surface area contributed by atoms with Gasteiger partial charge in [0.15, 0.2) is 0 Å². The van der Waals surface area contributed by atoms with Crippen molar-refractivity contribution in [2.45, 2.75) is 0 Å². The number of nitrogens with zero attached hydrogens (tertiary/aromatic N) is 2. The van der Waals surface area contributed by atoms with Crippen molar-refractivity contribution in [3.8, 4) is 39.3 Å². The molecule has 2 nitrogen and oxygen atoms in total. The van der Waals surface area contributed by atoms with Gasteiger partial charge in [0.25, 0.3) is 0 Å². The zero-order valence-electron chi connectivity index (χ0n) is 29.2. The maximum atomic E-state index is 5.25. The monoisotopic (exact) mass is 676 g/mol. The predicted molar refractivity (Wildman–Crippen MR) is 220 cm³/mol. The van der Waals surface area contributed by atoms with E-state index in [-0.39, 0.29) is 11.8 Å². The molecule has 2 unspecified atom stereocenters. The first kappa shape index (κ1) is 31.0. The Morgan fingerprint density at radius 2 is 0.962 bits per heavy atom. The van der Waals surface area contributed by atoms with Crippen molar-refractivity contribution in [1.82, 2.24) is 9.55 Å². The maximum Gasteiger partial charge on any atom is 0.145 e. The number of fused-ring (bicyclic) bond motifs is 3. The van der Waals surface area contributed by atoms with Crippen LogP contribution in [0.1, 0.15) is 11.1 Å². The van der Waals surface area contributed by atoms with Gasteiger partial charge in [-0.25, -0.2) is 4.98 Å². The van der Waals surface area contributed by atoms with Crippen LogP contribution < -0.4 is 10.4 Å². The van der Waals surface area contributed by atoms with Gasteiger partial charge < -0.3 is 0 Å². The van der Waals surface area contributed by atoms with E-state index in [0.29, 0.717) is 0 Å². The molecule has 2 heteroatoms. The Kier molecular flexibility index (Phi) is 7.66. The van der Waals surface area contributed by atoms with Crippen molar-refractivity contribution < 1.29 is 0 Å². The van der Waals surface area contributed by atoms with E-state index in [9.17, 15) is 0 Å². The van der Waals surface area contributed by atoms with Crippen molar-refractivity contribution in [3.63, 3.8) is 0 Å². The van der Waals surface area contributed by atoms with Crippen LogP contribution in [-0.4, -0.2) is 9.55 Å². The van der Waals surface area contributed by atoms with E-state index < -0.39 is 0 Å². The Hall–Kier alpha value is -6.77. The Balaban J connectivity index is 1.20. The third kappa shape index (κ3) is 5.39. The number of rotatable bonds is 6. The van der Waals surface area contributed by atoms with E-state index in [1.165, 1.54) is 55.0 Å². The molecule has 2 atom stereocenters. The minimum absolute atomic E-state index is 0.172. The van der Waals surface area contributed by atoms with Crippen LogP contribution in [0.2, 0.25) is 0 Å². The third-order valence-electron chi connectivity index (χ3n) is 10.8. The molecule has 2 aliphatic rings. The SMILES string of the molecule is C1=CC2C(c3cccc(-n4c(-c5cccc(-c6ccccc6)c5)nc5ccccc54)c3)=c3ccccc3=C(c3ccccc3-c3ccccc3)C2C=C1. The number of benzene rings is 7. The number of para-hydroxylation sites is 2. The topological polar surface area (TPSA) is 17.8 Å². The molecule has 1 aromatic heterocycles. The normalized spacial score (nSPS) is 16.1. The molecule has 0 bridgehead atoms. The number of hydrogen-bond acceptors (Lipinski definition) is 1. The summed E-state index contributed by atoms with van der Waals surface area (Å²) in [5.41, 5.74) is 14.4. The Morgan fingerprint density at radius 3 is 1.75 bits per heavy atom. The predicted octanol–water partition coefficient (Wildman–Crippen LogP) is 10.8. The summed E-state index contributed by atoms with van der Waals surface area (Å²) in [6.45, 7) is 0. The van der Waals surface area contributed by atoms with Gasteiger partial charge in [0.2, 0.25) is 0 Å². The van der Waals surface area contributed by atoms with Crippen LogP contribution in [0.15, 0.2) is 206 Å². The van der Waals surface area contributed by atoms with Crippen LogP contribution >= 0.6 is 0 Å². The van der Waals surface area contributed by atoms with E-state index in [1.807, 2.05) is 0 Å². The minimum Gasteiger partial charge on any atom is -0.292 e. The molecule has 0 saturated carbocycles. The highest BCUT2D eigenvalue weighted by Crippen LogP contribution is 2.43. The Labute approximate surface area is 309 Å². The van der Waals surface area contributed by atoms with Gasteiger partial charge in [-0.15, -0.1) is 0 Å². The summed E-state index contributed by atoms with van der Waals surface area (Å²) in [5.74, 6) is 1.29. The van der Waals surface area contributed by atoms with Crippen LogP contribution in [0.25, 0.3) is 61.5 Å². The average molecular weight is 677 g/mol. The summed E-state index contributed by atoms with van der Waals surface area (Å²) in [6, 6.07) is 65.6. The van der Waals surface area contributed by atoms with Gasteiger partial charge in [-0.1, -0.05) is 176 Å². The lowest BCUT2D eigenvalue weighted by Gasteiger charge is -2.34. The number of allylic oxidation sites excluding steroid dienone is 4. The third-order valence-corrected chi connectivity index (χ3v) is 10.8. The highest BCUT2D eigenvalue weighted by Gasteiger charge is 2.33. The number of hydrogen-bond donors (Lipinski definition) is 0. The summed E-state index contributed by atoms with van der Waals surface area (Å²) in [5, 5.41) is 2.58. The molecule has 0 amide bonds. The van der Waals surface area contributed by atoms with Gasteiger partial charge in [-0.2, -0.15) is 0 Å². The fourth-order valence-corrected chi connectivity index (χ4v) is 8.49. The van der Waals surface area contributed by atoms with E-state index in [0.717, 1.165) is 28.1 Å². The van der Waals surface area contributed by atoms with Crippen molar-refractivity contribution in [2.75, 3.05) is 0 Å². The van der Waals surface area contributed by atoms with Crippen LogP contribution in [0.5, 0.6) is 0 Å². The molecule has 53 heavy (non-hydrogen) atoms. The molecule has 2 aliphatic carbocycles.